The Balaban J connectivity index is 1.99. The number of nitrogens with zero attached hydrogens (tertiary/aromatic N) is 1. The molecule has 1 saturated heterocycles. The number of rotatable bonds is 7. The van der Waals surface area contributed by atoms with Crippen molar-refractivity contribution in [2.24, 2.45) is 5.92 Å². The third-order valence-electron chi connectivity index (χ3n) is 3.71. The topological polar surface area (TPSA) is 3.24 Å². The van der Waals surface area contributed by atoms with Gasteiger partial charge in [0.25, 0.3) is 0 Å². The molecule has 90 valence electrons. The first kappa shape index (κ1) is 13.0. The molecule has 0 unspecified atom stereocenters. The van der Waals surface area contributed by atoms with Gasteiger partial charge in [-0.15, -0.1) is 0 Å². The van der Waals surface area contributed by atoms with Crippen molar-refractivity contribution in [2.45, 2.75) is 65.2 Å². The molecule has 0 amide bonds. The van der Waals surface area contributed by atoms with Gasteiger partial charge in [-0.2, -0.15) is 0 Å². The quantitative estimate of drug-likeness (QED) is 0.574. The number of likely N-dealkylation sites (tertiary alicyclic amines) is 1. The van der Waals surface area contributed by atoms with E-state index >= 15 is 0 Å². The van der Waals surface area contributed by atoms with Gasteiger partial charge >= 0.3 is 0 Å². The van der Waals surface area contributed by atoms with E-state index in [1.165, 1.54) is 71.0 Å². The van der Waals surface area contributed by atoms with Crippen molar-refractivity contribution in [2.75, 3.05) is 19.6 Å². The predicted octanol–water partition coefficient (Wildman–Crippen LogP) is 4.08. The average molecular weight is 211 g/mol. The summed E-state index contributed by atoms with van der Waals surface area (Å²) >= 11 is 0. The Morgan fingerprint density at radius 2 is 1.67 bits per heavy atom. The Kier molecular flexibility index (Phi) is 7.08. The molecule has 0 aromatic heterocycles. The Morgan fingerprint density at radius 1 is 0.933 bits per heavy atom. The molecule has 1 heteroatoms. The second-order valence-electron chi connectivity index (χ2n) is 5.13. The molecule has 1 aliphatic rings. The maximum absolute atomic E-state index is 2.64. The predicted molar refractivity (Wildman–Crippen MR) is 68.2 cm³/mol. The molecule has 1 nitrogen and oxygen atoms in total. The van der Waals surface area contributed by atoms with Gasteiger partial charge in [-0.1, -0.05) is 46.0 Å². The molecule has 0 N–H and O–H groups in total. The fraction of sp³-hybridized carbons (Fsp3) is 1.00. The van der Waals surface area contributed by atoms with Crippen molar-refractivity contribution in [3.05, 3.63) is 0 Å². The minimum atomic E-state index is 1.05. The molecule has 0 radical (unpaired) electrons. The molecule has 1 heterocycles. The fourth-order valence-corrected chi connectivity index (χ4v) is 2.67. The van der Waals surface area contributed by atoms with E-state index in [1.807, 2.05) is 0 Å². The first-order valence-corrected chi connectivity index (χ1v) is 7.09. The molecule has 1 aliphatic heterocycles. The van der Waals surface area contributed by atoms with E-state index in [-0.39, 0.29) is 0 Å². The second kappa shape index (κ2) is 8.15. The highest BCUT2D eigenvalue weighted by atomic mass is 15.1. The standard InChI is InChI=1S/C14H29N/c1-3-5-6-7-8-14-9-12-15(11-4-2)13-10-14/h14H,3-13H2,1-2H3. The molecule has 0 aliphatic carbocycles. The SMILES string of the molecule is CCCCCCC1CCN(CCC)CC1. The zero-order valence-electron chi connectivity index (χ0n) is 10.8. The van der Waals surface area contributed by atoms with Crippen molar-refractivity contribution >= 4 is 0 Å². The Labute approximate surface area is 96.2 Å². The first-order chi connectivity index (χ1) is 7.36. The lowest BCUT2D eigenvalue weighted by molar-refractivity contribution is 0.177. The van der Waals surface area contributed by atoms with Crippen molar-refractivity contribution in [1.82, 2.24) is 4.90 Å². The summed E-state index contributed by atoms with van der Waals surface area (Å²) in [6.07, 6.45) is 11.5. The van der Waals surface area contributed by atoms with E-state index in [1.54, 1.807) is 0 Å². The molecule has 0 saturated carbocycles. The number of unbranched alkanes of at least 4 members (excludes halogenated alkanes) is 3. The Hall–Kier alpha value is -0.0400. The molecule has 1 rings (SSSR count). The molecule has 0 bridgehead atoms. The van der Waals surface area contributed by atoms with Crippen LogP contribution in [0, 0.1) is 5.92 Å². The van der Waals surface area contributed by atoms with Crippen molar-refractivity contribution in [1.29, 1.82) is 0 Å². The summed E-state index contributed by atoms with van der Waals surface area (Å²) in [4.78, 5) is 2.64. The van der Waals surface area contributed by atoms with Gasteiger partial charge in [-0.3, -0.25) is 0 Å². The summed E-state index contributed by atoms with van der Waals surface area (Å²) in [6.45, 7) is 8.64. The highest BCUT2D eigenvalue weighted by Gasteiger charge is 2.17. The molecule has 0 spiro atoms. The van der Waals surface area contributed by atoms with Gasteiger partial charge in [-0.05, 0) is 44.8 Å². The zero-order chi connectivity index (χ0) is 10.9. The summed E-state index contributed by atoms with van der Waals surface area (Å²) < 4.78 is 0. The summed E-state index contributed by atoms with van der Waals surface area (Å²) in [6, 6.07) is 0. The van der Waals surface area contributed by atoms with Crippen molar-refractivity contribution in [3.8, 4) is 0 Å². The van der Waals surface area contributed by atoms with E-state index in [9.17, 15) is 0 Å². The monoisotopic (exact) mass is 211 g/mol. The van der Waals surface area contributed by atoms with Crippen LogP contribution in [0.25, 0.3) is 0 Å². The number of piperidine rings is 1. The van der Waals surface area contributed by atoms with E-state index in [0.717, 1.165) is 5.92 Å². The summed E-state index contributed by atoms with van der Waals surface area (Å²) in [5.41, 5.74) is 0. The smallest absolute Gasteiger partial charge is 0.00161 e. The molecule has 1 fully saturated rings. The van der Waals surface area contributed by atoms with Crippen LogP contribution in [0.15, 0.2) is 0 Å². The van der Waals surface area contributed by atoms with Gasteiger partial charge < -0.3 is 4.90 Å². The fourth-order valence-electron chi connectivity index (χ4n) is 2.67. The molecule has 15 heavy (non-hydrogen) atoms. The van der Waals surface area contributed by atoms with Crippen LogP contribution in [0.2, 0.25) is 0 Å². The normalized spacial score (nSPS) is 19.6. The maximum Gasteiger partial charge on any atom is -0.00161 e. The van der Waals surface area contributed by atoms with Gasteiger partial charge in [0.1, 0.15) is 0 Å². The minimum Gasteiger partial charge on any atom is -0.303 e. The minimum absolute atomic E-state index is 1.05. The van der Waals surface area contributed by atoms with Crippen molar-refractivity contribution in [3.63, 3.8) is 0 Å². The van der Waals surface area contributed by atoms with Gasteiger partial charge in [-0.25, -0.2) is 0 Å². The van der Waals surface area contributed by atoms with Crippen LogP contribution in [0.5, 0.6) is 0 Å². The highest BCUT2D eigenvalue weighted by Crippen LogP contribution is 2.23. The maximum atomic E-state index is 2.64. The van der Waals surface area contributed by atoms with E-state index < -0.39 is 0 Å². The van der Waals surface area contributed by atoms with Gasteiger partial charge in [0.15, 0.2) is 0 Å². The zero-order valence-corrected chi connectivity index (χ0v) is 10.8. The number of hydrogen-bond donors (Lipinski definition) is 0. The third-order valence-corrected chi connectivity index (χ3v) is 3.71. The van der Waals surface area contributed by atoms with Gasteiger partial charge in [0.05, 0.1) is 0 Å². The second-order valence-corrected chi connectivity index (χ2v) is 5.13. The highest BCUT2D eigenvalue weighted by molar-refractivity contribution is 4.71. The Morgan fingerprint density at radius 3 is 2.27 bits per heavy atom. The van der Waals surface area contributed by atoms with E-state index in [0.29, 0.717) is 0 Å². The molecular formula is C14H29N. The van der Waals surface area contributed by atoms with Crippen LogP contribution in [-0.4, -0.2) is 24.5 Å². The van der Waals surface area contributed by atoms with E-state index in [4.69, 9.17) is 0 Å². The van der Waals surface area contributed by atoms with Gasteiger partial charge in [0, 0.05) is 0 Å². The summed E-state index contributed by atoms with van der Waals surface area (Å²) in [7, 11) is 0. The Bertz CT molecular complexity index is 134. The van der Waals surface area contributed by atoms with E-state index in [2.05, 4.69) is 18.7 Å². The first-order valence-electron chi connectivity index (χ1n) is 7.09. The third kappa shape index (κ3) is 5.55. The summed E-state index contributed by atoms with van der Waals surface area (Å²) in [5.74, 6) is 1.05. The lowest BCUT2D eigenvalue weighted by Gasteiger charge is -2.31. The number of hydrogen-bond acceptors (Lipinski definition) is 1. The van der Waals surface area contributed by atoms with Crippen LogP contribution in [0.4, 0.5) is 0 Å². The largest absolute Gasteiger partial charge is 0.303 e. The molecule has 0 aromatic rings. The lowest BCUT2D eigenvalue weighted by atomic mass is 9.91. The molecule has 0 atom stereocenters. The van der Waals surface area contributed by atoms with Crippen LogP contribution in [-0.2, 0) is 0 Å². The van der Waals surface area contributed by atoms with Crippen LogP contribution >= 0.6 is 0 Å². The van der Waals surface area contributed by atoms with Gasteiger partial charge in [0.2, 0.25) is 0 Å². The molecular weight excluding hydrogens is 182 g/mol. The van der Waals surface area contributed by atoms with Crippen LogP contribution in [0.3, 0.4) is 0 Å². The summed E-state index contributed by atoms with van der Waals surface area (Å²) in [5, 5.41) is 0. The molecule has 0 aromatic carbocycles. The van der Waals surface area contributed by atoms with Crippen molar-refractivity contribution < 1.29 is 0 Å². The van der Waals surface area contributed by atoms with Crippen LogP contribution in [0.1, 0.15) is 65.2 Å². The van der Waals surface area contributed by atoms with Crippen LogP contribution < -0.4 is 0 Å². The average Bonchev–Trinajstić information content (AvgIpc) is 2.27. The lowest BCUT2D eigenvalue weighted by Crippen LogP contribution is -2.34.